The molecule has 2 N–H and O–H groups in total. The number of aromatic nitrogens is 1. The lowest BCUT2D eigenvalue weighted by molar-refractivity contribution is -0.137. The highest BCUT2D eigenvalue weighted by Crippen LogP contribution is 2.40. The van der Waals surface area contributed by atoms with Crippen molar-refractivity contribution in [2.24, 2.45) is 5.92 Å². The fraction of sp³-hybridized carbons (Fsp3) is 0.565. The maximum Gasteiger partial charge on any atom is 0.303 e. The number of carboxylic acid groups (broad SMARTS) is 1. The summed E-state index contributed by atoms with van der Waals surface area (Å²) in [4.78, 5) is 15.8. The van der Waals surface area contributed by atoms with Gasteiger partial charge in [0.25, 0.3) is 0 Å². The van der Waals surface area contributed by atoms with Crippen LogP contribution in [0.25, 0.3) is 11.3 Å². The number of hydrogen-bond acceptors (Lipinski definition) is 4. The quantitative estimate of drug-likeness (QED) is 0.748. The summed E-state index contributed by atoms with van der Waals surface area (Å²) >= 11 is 1.80. The van der Waals surface area contributed by atoms with E-state index in [9.17, 15) is 4.79 Å². The average molecular weight is 399 g/mol. The Morgan fingerprint density at radius 1 is 1.18 bits per heavy atom. The molecule has 2 aliphatic rings. The molecule has 28 heavy (non-hydrogen) atoms. The van der Waals surface area contributed by atoms with E-state index >= 15 is 0 Å². The van der Waals surface area contributed by atoms with Crippen molar-refractivity contribution in [1.82, 2.24) is 10.3 Å². The van der Waals surface area contributed by atoms with E-state index < -0.39 is 5.97 Å². The third-order valence-corrected chi connectivity index (χ3v) is 7.46. The maximum atomic E-state index is 10.8. The summed E-state index contributed by atoms with van der Waals surface area (Å²) in [7, 11) is 0. The molecule has 1 aliphatic carbocycles. The van der Waals surface area contributed by atoms with Gasteiger partial charge in [-0.2, -0.15) is 0 Å². The van der Waals surface area contributed by atoms with Gasteiger partial charge in [0.15, 0.2) is 0 Å². The number of benzene rings is 1. The first-order chi connectivity index (χ1) is 13.6. The van der Waals surface area contributed by atoms with Crippen LogP contribution in [0, 0.1) is 12.8 Å². The van der Waals surface area contributed by atoms with Crippen LogP contribution in [0.1, 0.15) is 66.1 Å². The van der Waals surface area contributed by atoms with E-state index in [0.29, 0.717) is 18.3 Å². The average Bonchev–Trinajstić information content (AvgIpc) is 3.06. The number of rotatable bonds is 5. The molecule has 4 nitrogen and oxygen atoms in total. The molecule has 0 unspecified atom stereocenters. The second-order valence-electron chi connectivity index (χ2n) is 8.41. The largest absolute Gasteiger partial charge is 0.481 e. The van der Waals surface area contributed by atoms with Crippen LogP contribution in [-0.4, -0.2) is 29.1 Å². The van der Waals surface area contributed by atoms with Gasteiger partial charge in [-0.1, -0.05) is 6.07 Å². The van der Waals surface area contributed by atoms with Gasteiger partial charge in [0, 0.05) is 23.3 Å². The molecule has 1 aromatic heterocycles. The molecule has 0 bridgehead atoms. The monoisotopic (exact) mass is 398 g/mol. The summed E-state index contributed by atoms with van der Waals surface area (Å²) < 4.78 is 0. The Kier molecular flexibility index (Phi) is 6.12. The topological polar surface area (TPSA) is 62.2 Å². The number of carbonyl (C=O) groups is 1. The summed E-state index contributed by atoms with van der Waals surface area (Å²) in [5, 5.41) is 15.9. The zero-order chi connectivity index (χ0) is 19.5. The summed E-state index contributed by atoms with van der Waals surface area (Å²) in [6, 6.07) is 4.74. The Balaban J connectivity index is 1.45. The third kappa shape index (κ3) is 4.47. The molecule has 1 aromatic carbocycles. The van der Waals surface area contributed by atoms with Gasteiger partial charge >= 0.3 is 5.97 Å². The Morgan fingerprint density at radius 2 is 1.89 bits per heavy atom. The van der Waals surface area contributed by atoms with Gasteiger partial charge in [-0.25, -0.2) is 4.98 Å². The second kappa shape index (κ2) is 8.75. The molecular formula is C23H30N2O2S. The molecule has 1 fully saturated rings. The van der Waals surface area contributed by atoms with E-state index in [-0.39, 0.29) is 0 Å². The second-order valence-corrected chi connectivity index (χ2v) is 9.30. The molecule has 0 amide bonds. The van der Waals surface area contributed by atoms with Crippen molar-refractivity contribution < 1.29 is 9.90 Å². The summed E-state index contributed by atoms with van der Waals surface area (Å²) in [5.41, 5.74) is 6.71. The zero-order valence-corrected chi connectivity index (χ0v) is 17.5. The van der Waals surface area contributed by atoms with E-state index in [1.54, 1.807) is 11.3 Å². The first-order valence-electron chi connectivity index (χ1n) is 10.6. The molecule has 1 saturated carbocycles. The lowest BCUT2D eigenvalue weighted by Crippen LogP contribution is -2.16. The lowest BCUT2D eigenvalue weighted by atomic mass is 9.80. The number of carboxylic acids is 1. The smallest absolute Gasteiger partial charge is 0.303 e. The van der Waals surface area contributed by atoms with Crippen LogP contribution in [0.3, 0.4) is 0 Å². The van der Waals surface area contributed by atoms with Crippen molar-refractivity contribution in [3.05, 3.63) is 39.2 Å². The minimum absolute atomic E-state index is 0.309. The van der Waals surface area contributed by atoms with Gasteiger partial charge in [0.2, 0.25) is 0 Å². The lowest BCUT2D eigenvalue weighted by Gasteiger charge is -2.26. The Morgan fingerprint density at radius 3 is 2.61 bits per heavy atom. The molecule has 0 spiro atoms. The van der Waals surface area contributed by atoms with Crippen molar-refractivity contribution in [3.8, 4) is 11.3 Å². The Hall–Kier alpha value is -1.72. The number of nitrogens with one attached hydrogen (secondary N) is 1. The molecule has 2 heterocycles. The van der Waals surface area contributed by atoms with Crippen LogP contribution >= 0.6 is 11.3 Å². The first kappa shape index (κ1) is 19.6. The molecule has 1 aliphatic heterocycles. The highest BCUT2D eigenvalue weighted by molar-refractivity contribution is 7.10. The number of fused-ring (bicyclic) bond motifs is 1. The van der Waals surface area contributed by atoms with Gasteiger partial charge in [-0.05, 0) is 93.6 Å². The van der Waals surface area contributed by atoms with Gasteiger partial charge in [-0.15, -0.1) is 11.3 Å². The van der Waals surface area contributed by atoms with E-state index in [4.69, 9.17) is 10.1 Å². The predicted molar refractivity (Wildman–Crippen MR) is 114 cm³/mol. The predicted octanol–water partition coefficient (Wildman–Crippen LogP) is 4.95. The molecule has 150 valence electrons. The van der Waals surface area contributed by atoms with Gasteiger partial charge in [0.1, 0.15) is 0 Å². The maximum absolute atomic E-state index is 10.8. The Bertz CT molecular complexity index is 837. The molecule has 0 saturated heterocycles. The summed E-state index contributed by atoms with van der Waals surface area (Å²) in [5.74, 6) is 0.455. The van der Waals surface area contributed by atoms with Crippen LogP contribution in [0.2, 0.25) is 0 Å². The summed E-state index contributed by atoms with van der Waals surface area (Å²) in [6.07, 6.45) is 7.91. The van der Waals surface area contributed by atoms with Gasteiger partial charge in [0.05, 0.1) is 10.7 Å². The third-order valence-electron chi connectivity index (χ3n) is 6.45. The fourth-order valence-electron chi connectivity index (χ4n) is 4.75. The summed E-state index contributed by atoms with van der Waals surface area (Å²) in [6.45, 7) is 4.34. The number of aliphatic carboxylic acids is 1. The standard InChI is InChI=1S/C23H30N2O2S/c1-15-12-18-8-10-24-11-9-19(18)13-20(15)21-14-28-23(25-21)17-5-2-16(3-6-17)4-7-22(26)27/h12-14,16-17,24H,2-11H2,1H3,(H,26,27)/t16-,17-. The fourth-order valence-corrected chi connectivity index (χ4v) is 5.74. The minimum atomic E-state index is -0.668. The van der Waals surface area contributed by atoms with Crippen LogP contribution < -0.4 is 5.32 Å². The Labute approximate surface area is 171 Å². The van der Waals surface area contributed by atoms with E-state index in [1.165, 1.54) is 27.3 Å². The van der Waals surface area contributed by atoms with E-state index in [1.807, 2.05) is 0 Å². The van der Waals surface area contributed by atoms with Crippen molar-refractivity contribution in [1.29, 1.82) is 0 Å². The van der Waals surface area contributed by atoms with Crippen LogP contribution in [0.5, 0.6) is 0 Å². The normalized spacial score (nSPS) is 22.5. The minimum Gasteiger partial charge on any atom is -0.481 e. The highest BCUT2D eigenvalue weighted by Gasteiger charge is 2.25. The molecule has 0 radical (unpaired) electrons. The zero-order valence-electron chi connectivity index (χ0n) is 16.7. The number of hydrogen-bond donors (Lipinski definition) is 2. The van der Waals surface area contributed by atoms with Gasteiger partial charge < -0.3 is 10.4 Å². The van der Waals surface area contributed by atoms with Gasteiger partial charge in [-0.3, -0.25) is 4.79 Å². The number of thiazole rings is 1. The van der Waals surface area contributed by atoms with Crippen molar-refractivity contribution in [2.45, 2.75) is 64.2 Å². The van der Waals surface area contributed by atoms with Crippen molar-refractivity contribution in [3.63, 3.8) is 0 Å². The van der Waals surface area contributed by atoms with Crippen LogP contribution in [0.4, 0.5) is 0 Å². The highest BCUT2D eigenvalue weighted by atomic mass is 32.1. The van der Waals surface area contributed by atoms with Crippen LogP contribution in [0.15, 0.2) is 17.5 Å². The van der Waals surface area contributed by atoms with Crippen molar-refractivity contribution >= 4 is 17.3 Å². The van der Waals surface area contributed by atoms with Crippen LogP contribution in [-0.2, 0) is 17.6 Å². The SMILES string of the molecule is Cc1cc2c(cc1-c1csc([C@H]3CC[C@H](CCC(=O)O)CC3)n1)CCNCC2. The van der Waals surface area contributed by atoms with Crippen molar-refractivity contribution in [2.75, 3.05) is 13.1 Å². The van der Waals surface area contributed by atoms with E-state index in [0.717, 1.165) is 63.7 Å². The molecule has 4 rings (SSSR count). The first-order valence-corrected chi connectivity index (χ1v) is 11.5. The molecule has 2 aromatic rings. The molecule has 5 heteroatoms. The van der Waals surface area contributed by atoms with E-state index in [2.05, 4.69) is 29.8 Å². The molecular weight excluding hydrogens is 368 g/mol. The number of aryl methyl sites for hydroxylation is 1. The molecule has 0 atom stereocenters. The number of nitrogens with zero attached hydrogens (tertiary/aromatic N) is 1.